The summed E-state index contributed by atoms with van der Waals surface area (Å²) in [5.74, 6) is -0.589. The molecule has 0 aromatic carbocycles. The molecular formula is C83H142O5. The van der Waals surface area contributed by atoms with Gasteiger partial charge in [0.2, 0.25) is 0 Å². The van der Waals surface area contributed by atoms with Gasteiger partial charge in [-0.3, -0.25) is 9.59 Å². The first-order valence-corrected chi connectivity index (χ1v) is 37.7. The molecule has 1 N–H and O–H groups in total. The second-order valence-electron chi connectivity index (χ2n) is 25.0. The van der Waals surface area contributed by atoms with Crippen LogP contribution in [0.15, 0.2) is 134 Å². The number of ether oxygens (including phenoxy) is 2. The van der Waals surface area contributed by atoms with Crippen molar-refractivity contribution in [2.45, 2.75) is 367 Å². The predicted octanol–water partition coefficient (Wildman–Crippen LogP) is 26.7. The molecule has 0 aromatic rings. The SMILES string of the molecule is CC/C=C\C/C=C\C/C=C\C/C=C\C/C=C\C/C=C\C/C=C\C/C=C\C/C=C\CCCCCCCCCCCC(=O)OC(CO)COC(=O)CCCCCCCCCCCCCCCCCCCCCCCCCCC/C=C\C/C=C\CCCCCCC. The monoisotopic (exact) mass is 1220 g/mol. The van der Waals surface area contributed by atoms with Crippen LogP contribution in [0.2, 0.25) is 0 Å². The van der Waals surface area contributed by atoms with Crippen LogP contribution in [0, 0.1) is 0 Å². The third kappa shape index (κ3) is 74.5. The summed E-state index contributed by atoms with van der Waals surface area (Å²) in [6.45, 7) is 4.04. The van der Waals surface area contributed by atoms with Crippen LogP contribution in [0.1, 0.15) is 361 Å². The van der Waals surface area contributed by atoms with E-state index in [1.54, 1.807) is 0 Å². The Kier molecular flexibility index (Phi) is 73.8. The quantitative estimate of drug-likeness (QED) is 0.0373. The number of aliphatic hydroxyl groups is 1. The Bertz CT molecular complexity index is 1770. The Morgan fingerprint density at radius 1 is 0.273 bits per heavy atom. The zero-order valence-corrected chi connectivity index (χ0v) is 58.0. The molecule has 0 aliphatic heterocycles. The molecule has 0 radical (unpaired) electrons. The second-order valence-corrected chi connectivity index (χ2v) is 25.0. The molecule has 5 heteroatoms. The van der Waals surface area contributed by atoms with E-state index in [0.29, 0.717) is 12.8 Å². The highest BCUT2D eigenvalue weighted by atomic mass is 16.6. The van der Waals surface area contributed by atoms with Crippen molar-refractivity contribution in [3.8, 4) is 0 Å². The number of aliphatic hydroxyl groups excluding tert-OH is 1. The summed E-state index contributed by atoms with van der Waals surface area (Å²) in [5.41, 5.74) is 0. The van der Waals surface area contributed by atoms with E-state index in [9.17, 15) is 14.7 Å². The van der Waals surface area contributed by atoms with Crippen molar-refractivity contribution in [3.63, 3.8) is 0 Å². The highest BCUT2D eigenvalue weighted by Crippen LogP contribution is 2.18. The van der Waals surface area contributed by atoms with Crippen LogP contribution in [0.25, 0.3) is 0 Å². The molecule has 0 bridgehead atoms. The van der Waals surface area contributed by atoms with E-state index in [-0.39, 0.29) is 25.2 Å². The number of carbonyl (C=O) groups is 2. The molecule has 0 aromatic heterocycles. The Balaban J connectivity index is 3.48. The highest BCUT2D eigenvalue weighted by Gasteiger charge is 2.16. The lowest BCUT2D eigenvalue weighted by atomic mass is 10.0. The van der Waals surface area contributed by atoms with Crippen molar-refractivity contribution >= 4 is 11.9 Å². The minimum absolute atomic E-state index is 0.0711. The molecule has 0 heterocycles. The van der Waals surface area contributed by atoms with Gasteiger partial charge in [0.05, 0.1) is 6.61 Å². The highest BCUT2D eigenvalue weighted by molar-refractivity contribution is 5.70. The van der Waals surface area contributed by atoms with Crippen molar-refractivity contribution in [1.82, 2.24) is 0 Å². The number of esters is 2. The van der Waals surface area contributed by atoms with Gasteiger partial charge in [-0.2, -0.15) is 0 Å². The molecular weight excluding hydrogens is 1080 g/mol. The fourth-order valence-corrected chi connectivity index (χ4v) is 10.8. The van der Waals surface area contributed by atoms with Gasteiger partial charge in [0, 0.05) is 12.8 Å². The first-order valence-electron chi connectivity index (χ1n) is 37.7. The lowest BCUT2D eigenvalue weighted by molar-refractivity contribution is -0.161. The summed E-state index contributed by atoms with van der Waals surface area (Å²) in [6.07, 6.45) is 115. The van der Waals surface area contributed by atoms with Gasteiger partial charge >= 0.3 is 11.9 Å². The lowest BCUT2D eigenvalue weighted by Crippen LogP contribution is -2.28. The number of hydrogen-bond acceptors (Lipinski definition) is 5. The van der Waals surface area contributed by atoms with Crippen molar-refractivity contribution in [2.24, 2.45) is 0 Å². The van der Waals surface area contributed by atoms with Crippen LogP contribution < -0.4 is 0 Å². The maximum absolute atomic E-state index is 12.4. The van der Waals surface area contributed by atoms with Gasteiger partial charge in [-0.15, -0.1) is 0 Å². The second kappa shape index (κ2) is 77.3. The standard InChI is InChI=1S/C83H142O5/c1-3-5-7-9-11-13-15-17-19-21-23-25-27-29-31-33-35-37-39-41-43-45-47-49-51-53-55-57-59-61-63-65-67-69-71-73-75-77-82(85)87-80-81(79-84)88-83(86)78-76-74-72-70-68-66-64-62-60-58-56-54-52-50-48-46-44-42-40-38-36-34-32-30-28-26-24-22-20-18-16-14-12-10-8-6-4-2/h6,8,12,14-15,17-18,20-21,23-24,26,30,32,36,38,42,44,48,50,54,56,81,84H,3-5,7,9-11,13,16,19,22,25,27-29,31,33-35,37,39-41,43,45-47,49,51-53,55,57-80H2,1-2H3/b8-6-,14-12-,17-15-,20-18-,23-21-,26-24-,32-30-,38-36-,44-42-,50-48-,56-54-. The van der Waals surface area contributed by atoms with Crippen LogP contribution in [-0.2, 0) is 19.1 Å². The molecule has 0 saturated carbocycles. The summed E-state index contributed by atoms with van der Waals surface area (Å²) in [4.78, 5) is 24.7. The summed E-state index contributed by atoms with van der Waals surface area (Å²) >= 11 is 0. The normalized spacial score (nSPS) is 13.0. The lowest BCUT2D eigenvalue weighted by Gasteiger charge is -2.15. The maximum atomic E-state index is 12.4. The molecule has 0 spiro atoms. The maximum Gasteiger partial charge on any atom is 0.306 e. The summed E-state index contributed by atoms with van der Waals surface area (Å²) in [5, 5.41) is 9.72. The van der Waals surface area contributed by atoms with Crippen LogP contribution in [0.3, 0.4) is 0 Å². The number of unbranched alkanes of at least 4 members (excludes halogenated alkanes) is 39. The van der Waals surface area contributed by atoms with E-state index in [2.05, 4.69) is 148 Å². The van der Waals surface area contributed by atoms with Gasteiger partial charge in [0.1, 0.15) is 6.61 Å². The number of hydrogen-bond donors (Lipinski definition) is 1. The van der Waals surface area contributed by atoms with Gasteiger partial charge < -0.3 is 14.6 Å². The van der Waals surface area contributed by atoms with Crippen molar-refractivity contribution in [2.75, 3.05) is 13.2 Å². The summed E-state index contributed by atoms with van der Waals surface area (Å²) in [6, 6.07) is 0. The molecule has 504 valence electrons. The molecule has 0 fully saturated rings. The Morgan fingerprint density at radius 3 is 0.739 bits per heavy atom. The molecule has 1 atom stereocenters. The predicted molar refractivity (Wildman–Crippen MR) is 389 cm³/mol. The van der Waals surface area contributed by atoms with E-state index in [1.807, 2.05) is 0 Å². The fourth-order valence-electron chi connectivity index (χ4n) is 10.8. The van der Waals surface area contributed by atoms with Crippen molar-refractivity contribution < 1.29 is 24.2 Å². The molecule has 5 nitrogen and oxygen atoms in total. The zero-order valence-electron chi connectivity index (χ0n) is 58.0. The van der Waals surface area contributed by atoms with Crippen LogP contribution in [0.4, 0.5) is 0 Å². The smallest absolute Gasteiger partial charge is 0.306 e. The Morgan fingerprint density at radius 2 is 0.489 bits per heavy atom. The zero-order chi connectivity index (χ0) is 63.3. The van der Waals surface area contributed by atoms with E-state index >= 15 is 0 Å². The van der Waals surface area contributed by atoms with Gasteiger partial charge in [0.25, 0.3) is 0 Å². The minimum Gasteiger partial charge on any atom is -0.462 e. The molecule has 0 rings (SSSR count). The summed E-state index contributed by atoms with van der Waals surface area (Å²) in [7, 11) is 0. The fraction of sp³-hybridized carbons (Fsp3) is 0.711. The number of carbonyl (C=O) groups excluding carboxylic acids is 2. The van der Waals surface area contributed by atoms with E-state index in [1.165, 1.54) is 225 Å². The first kappa shape index (κ1) is 84.0. The number of allylic oxidation sites excluding steroid dienone is 22. The van der Waals surface area contributed by atoms with E-state index < -0.39 is 6.10 Å². The van der Waals surface area contributed by atoms with Gasteiger partial charge in [-0.1, -0.05) is 366 Å². The molecule has 0 aliphatic carbocycles. The van der Waals surface area contributed by atoms with Gasteiger partial charge in [-0.05, 0) is 116 Å². The molecule has 0 saturated heterocycles. The van der Waals surface area contributed by atoms with Crippen molar-refractivity contribution in [3.05, 3.63) is 134 Å². The van der Waals surface area contributed by atoms with Gasteiger partial charge in [-0.25, -0.2) is 0 Å². The van der Waals surface area contributed by atoms with E-state index in [0.717, 1.165) is 109 Å². The van der Waals surface area contributed by atoms with Gasteiger partial charge in [0.15, 0.2) is 6.10 Å². The summed E-state index contributed by atoms with van der Waals surface area (Å²) < 4.78 is 10.8. The third-order valence-electron chi connectivity index (χ3n) is 16.4. The third-order valence-corrected chi connectivity index (χ3v) is 16.4. The Labute approximate surface area is 546 Å². The largest absolute Gasteiger partial charge is 0.462 e. The molecule has 88 heavy (non-hydrogen) atoms. The van der Waals surface area contributed by atoms with E-state index in [4.69, 9.17) is 9.47 Å². The van der Waals surface area contributed by atoms with Crippen molar-refractivity contribution in [1.29, 1.82) is 0 Å². The molecule has 0 amide bonds. The Hall–Kier alpha value is -3.96. The van der Waals surface area contributed by atoms with Crippen LogP contribution in [-0.4, -0.2) is 36.4 Å². The molecule has 0 aliphatic rings. The average Bonchev–Trinajstić information content (AvgIpc) is 3.55. The number of rotatable bonds is 69. The molecule has 1 unspecified atom stereocenters. The average molecular weight is 1220 g/mol. The van der Waals surface area contributed by atoms with Crippen LogP contribution in [0.5, 0.6) is 0 Å². The van der Waals surface area contributed by atoms with Crippen LogP contribution >= 0.6 is 0 Å². The minimum atomic E-state index is -0.784. The first-order chi connectivity index (χ1) is 43.6. The topological polar surface area (TPSA) is 72.8 Å².